The van der Waals surface area contributed by atoms with E-state index in [1.54, 1.807) is 29.2 Å². The van der Waals surface area contributed by atoms with Gasteiger partial charge in [-0.05, 0) is 56.4 Å². The summed E-state index contributed by atoms with van der Waals surface area (Å²) in [5.41, 5.74) is -0.485. The van der Waals surface area contributed by atoms with Crippen LogP contribution in [0.25, 0.3) is 0 Å². The first kappa shape index (κ1) is 25.8. The molecule has 0 aromatic heterocycles. The van der Waals surface area contributed by atoms with E-state index < -0.39 is 29.6 Å². The second kappa shape index (κ2) is 10.5. The highest BCUT2D eigenvalue weighted by Gasteiger charge is 2.72. The van der Waals surface area contributed by atoms with Crippen LogP contribution in [0.4, 0.5) is 5.69 Å². The lowest BCUT2D eigenvalue weighted by molar-refractivity contribution is -0.141. The van der Waals surface area contributed by atoms with Crippen molar-refractivity contribution in [3.63, 3.8) is 0 Å². The topological polar surface area (TPSA) is 97.0 Å². The van der Waals surface area contributed by atoms with Crippen molar-refractivity contribution in [3.05, 3.63) is 36.4 Å². The number of amides is 3. The number of hydrogen-bond acceptors (Lipinski definition) is 5. The lowest BCUT2D eigenvalue weighted by Gasteiger charge is -2.36. The quantitative estimate of drug-likeness (QED) is 0.495. The van der Waals surface area contributed by atoms with Gasteiger partial charge in [-0.1, -0.05) is 45.3 Å². The van der Waals surface area contributed by atoms with Crippen molar-refractivity contribution in [3.8, 4) is 5.75 Å². The molecule has 0 unspecified atom stereocenters. The number of carbonyl (C=O) groups excluding carboxylic acids is 3. The average Bonchev–Trinajstić information content (AvgIpc) is 3.53. The number of nitrogens with one attached hydrogen (secondary N) is 2. The van der Waals surface area contributed by atoms with Crippen LogP contribution in [0.1, 0.15) is 59.3 Å². The average molecular weight is 510 g/mol. The summed E-state index contributed by atoms with van der Waals surface area (Å²) in [6.07, 6.45) is 9.21. The van der Waals surface area contributed by atoms with Crippen LogP contribution in [-0.4, -0.2) is 59.6 Å². The van der Waals surface area contributed by atoms with Crippen LogP contribution in [0.3, 0.4) is 0 Å². The number of nitrogens with zero attached hydrogens (tertiary/aromatic N) is 1. The molecule has 2 saturated heterocycles. The van der Waals surface area contributed by atoms with Crippen molar-refractivity contribution >= 4 is 23.4 Å². The lowest BCUT2D eigenvalue weighted by atomic mass is 9.74. The summed E-state index contributed by atoms with van der Waals surface area (Å²) in [7, 11) is 0. The Morgan fingerprint density at radius 3 is 2.59 bits per heavy atom. The van der Waals surface area contributed by atoms with Gasteiger partial charge >= 0.3 is 0 Å². The van der Waals surface area contributed by atoms with Crippen molar-refractivity contribution < 1.29 is 23.9 Å². The van der Waals surface area contributed by atoms with Crippen molar-refractivity contribution in [2.75, 3.05) is 18.5 Å². The van der Waals surface area contributed by atoms with E-state index in [4.69, 9.17) is 9.47 Å². The molecule has 37 heavy (non-hydrogen) atoms. The molecule has 1 spiro atoms. The van der Waals surface area contributed by atoms with E-state index >= 15 is 0 Å². The third-order valence-corrected chi connectivity index (χ3v) is 8.55. The van der Waals surface area contributed by atoms with Crippen molar-refractivity contribution in [1.82, 2.24) is 10.2 Å². The smallest absolute Gasteiger partial charge is 0.246 e. The van der Waals surface area contributed by atoms with Crippen LogP contribution in [0.15, 0.2) is 36.4 Å². The summed E-state index contributed by atoms with van der Waals surface area (Å²) in [6, 6.07) is 6.51. The Morgan fingerprint density at radius 1 is 1.14 bits per heavy atom. The molecule has 1 aromatic carbocycles. The van der Waals surface area contributed by atoms with E-state index in [1.807, 2.05) is 19.1 Å². The SMILES string of the molecule is CCCCN1C(=O)[C@@H]2[C@H](C(=O)Nc3ccc(OCC)cc3)[C@@H]3C=C[C@@]2(O3)[C@@H]1C(=O)N[C@@H]1CCCC[C@@H]1C. The molecule has 8 heteroatoms. The van der Waals surface area contributed by atoms with Crippen LogP contribution < -0.4 is 15.4 Å². The molecule has 5 rings (SSSR count). The third kappa shape index (κ3) is 4.54. The highest BCUT2D eigenvalue weighted by molar-refractivity contribution is 6.02. The van der Waals surface area contributed by atoms with Gasteiger partial charge in [-0.25, -0.2) is 0 Å². The maximum absolute atomic E-state index is 13.9. The second-order valence-electron chi connectivity index (χ2n) is 10.9. The number of hydrogen-bond donors (Lipinski definition) is 2. The van der Waals surface area contributed by atoms with Gasteiger partial charge in [0.1, 0.15) is 17.4 Å². The van der Waals surface area contributed by atoms with Gasteiger partial charge in [0.15, 0.2) is 0 Å². The fraction of sp³-hybridized carbons (Fsp3) is 0.621. The molecule has 1 aliphatic carbocycles. The van der Waals surface area contributed by atoms with Gasteiger partial charge in [-0.3, -0.25) is 14.4 Å². The van der Waals surface area contributed by atoms with Crippen LogP contribution in [0, 0.1) is 17.8 Å². The highest BCUT2D eigenvalue weighted by Crippen LogP contribution is 2.55. The maximum atomic E-state index is 13.9. The first-order chi connectivity index (χ1) is 17.9. The van der Waals surface area contributed by atoms with Gasteiger partial charge in [0.25, 0.3) is 0 Å². The monoisotopic (exact) mass is 509 g/mol. The van der Waals surface area contributed by atoms with Gasteiger partial charge in [0, 0.05) is 18.3 Å². The number of anilines is 1. The number of rotatable bonds is 9. The zero-order valence-corrected chi connectivity index (χ0v) is 22.1. The number of benzene rings is 1. The second-order valence-corrected chi connectivity index (χ2v) is 10.9. The number of ether oxygens (including phenoxy) is 2. The van der Waals surface area contributed by atoms with E-state index in [2.05, 4.69) is 24.5 Å². The number of unbranched alkanes of at least 4 members (excludes halogenated alkanes) is 1. The minimum atomic E-state index is -1.11. The predicted octanol–water partition coefficient (Wildman–Crippen LogP) is 3.67. The maximum Gasteiger partial charge on any atom is 0.246 e. The molecule has 200 valence electrons. The number of likely N-dealkylation sites (tertiary alicyclic amines) is 1. The van der Waals surface area contributed by atoms with E-state index in [0.29, 0.717) is 24.8 Å². The molecule has 3 fully saturated rings. The van der Waals surface area contributed by atoms with Crippen molar-refractivity contribution in [2.24, 2.45) is 17.8 Å². The van der Waals surface area contributed by atoms with Crippen LogP contribution >= 0.6 is 0 Å². The Labute approximate surface area is 219 Å². The first-order valence-electron chi connectivity index (χ1n) is 13.9. The molecule has 2 N–H and O–H groups in total. The van der Waals surface area contributed by atoms with Gasteiger partial charge in [0.2, 0.25) is 17.7 Å². The fourth-order valence-corrected chi connectivity index (χ4v) is 6.66. The van der Waals surface area contributed by atoms with Crippen LogP contribution in [0.2, 0.25) is 0 Å². The molecule has 7 atom stereocenters. The molecule has 8 nitrogen and oxygen atoms in total. The summed E-state index contributed by atoms with van der Waals surface area (Å²) in [6.45, 7) is 7.20. The van der Waals surface area contributed by atoms with Crippen LogP contribution in [0.5, 0.6) is 5.75 Å². The molecule has 0 radical (unpaired) electrons. The molecule has 3 aliphatic heterocycles. The van der Waals surface area contributed by atoms with Crippen molar-refractivity contribution in [1.29, 1.82) is 0 Å². The van der Waals surface area contributed by atoms with E-state index in [-0.39, 0.29) is 23.8 Å². The Kier molecular flexibility index (Phi) is 7.30. The van der Waals surface area contributed by atoms with Gasteiger partial charge in [-0.2, -0.15) is 0 Å². The molecule has 4 aliphatic rings. The largest absolute Gasteiger partial charge is 0.494 e. The van der Waals surface area contributed by atoms with Crippen molar-refractivity contribution in [2.45, 2.75) is 83.1 Å². The summed E-state index contributed by atoms with van der Waals surface area (Å²) in [4.78, 5) is 42.9. The first-order valence-corrected chi connectivity index (χ1v) is 13.9. The zero-order valence-electron chi connectivity index (χ0n) is 22.1. The zero-order chi connectivity index (χ0) is 26.2. The molecular weight excluding hydrogens is 470 g/mol. The standard InChI is InChI=1S/C29H39N3O5/c1-4-6-17-32-25(27(34)31-21-10-8-7-9-18(21)3)29-16-15-22(37-29)23(24(29)28(32)35)26(33)30-19-11-13-20(14-12-19)36-5-2/h11-16,18,21-25H,4-10,17H2,1-3H3,(H,30,33)(H,31,34)/t18-,21+,22-,23+,24-,25-,29-/m0/s1. The van der Waals surface area contributed by atoms with Crippen LogP contribution in [-0.2, 0) is 19.1 Å². The Balaban J connectivity index is 1.39. The predicted molar refractivity (Wildman–Crippen MR) is 140 cm³/mol. The summed E-state index contributed by atoms with van der Waals surface area (Å²) >= 11 is 0. The minimum Gasteiger partial charge on any atom is -0.494 e. The number of carbonyl (C=O) groups is 3. The normalized spacial score (nSPS) is 33.9. The van der Waals surface area contributed by atoms with Gasteiger partial charge in [0.05, 0.1) is 24.5 Å². The summed E-state index contributed by atoms with van der Waals surface area (Å²) < 4.78 is 11.9. The molecule has 1 aromatic rings. The van der Waals surface area contributed by atoms with Gasteiger partial charge in [-0.15, -0.1) is 0 Å². The van der Waals surface area contributed by atoms with Gasteiger partial charge < -0.3 is 25.0 Å². The summed E-state index contributed by atoms with van der Waals surface area (Å²) in [5.74, 6) is -0.884. The Morgan fingerprint density at radius 2 is 1.89 bits per heavy atom. The molecule has 3 amide bonds. The molecule has 2 bridgehead atoms. The fourth-order valence-electron chi connectivity index (χ4n) is 6.66. The minimum absolute atomic E-state index is 0.0983. The molecule has 3 heterocycles. The van der Waals surface area contributed by atoms with E-state index in [9.17, 15) is 14.4 Å². The lowest BCUT2D eigenvalue weighted by Crippen LogP contribution is -2.57. The number of fused-ring (bicyclic) bond motifs is 1. The highest BCUT2D eigenvalue weighted by atomic mass is 16.5. The molecular formula is C29H39N3O5. The summed E-state index contributed by atoms with van der Waals surface area (Å²) in [5, 5.41) is 6.23. The van der Waals surface area contributed by atoms with E-state index in [0.717, 1.165) is 37.9 Å². The Hall–Kier alpha value is -2.87. The van der Waals surface area contributed by atoms with E-state index in [1.165, 1.54) is 6.42 Å². The third-order valence-electron chi connectivity index (χ3n) is 8.55. The Bertz CT molecular complexity index is 1060. The molecule has 1 saturated carbocycles.